The Bertz CT molecular complexity index is 402. The number of nitrogen functional groups attached to an aromatic ring is 1. The summed E-state index contributed by atoms with van der Waals surface area (Å²) in [5.74, 6) is -1.07. The van der Waals surface area contributed by atoms with Gasteiger partial charge in [0.05, 0.1) is 6.10 Å². The fourth-order valence-electron chi connectivity index (χ4n) is 2.69. The summed E-state index contributed by atoms with van der Waals surface area (Å²) in [6.07, 6.45) is 4.50. The Labute approximate surface area is 114 Å². The number of rotatable bonds is 5. The third-order valence-electron chi connectivity index (χ3n) is 3.73. The first-order chi connectivity index (χ1) is 9.14. The van der Waals surface area contributed by atoms with Gasteiger partial charge >= 0.3 is 0 Å². The van der Waals surface area contributed by atoms with Crippen LogP contribution in [-0.2, 0) is 4.74 Å². The molecule has 0 bridgehead atoms. The number of para-hydroxylation sites is 1. The quantitative estimate of drug-likeness (QED) is 0.564. The van der Waals surface area contributed by atoms with Crippen molar-refractivity contribution in [1.82, 2.24) is 0 Å². The van der Waals surface area contributed by atoms with E-state index < -0.39 is 5.79 Å². The molecule has 0 spiro atoms. The van der Waals surface area contributed by atoms with Gasteiger partial charge in [0.15, 0.2) is 5.79 Å². The first-order valence-corrected chi connectivity index (χ1v) is 7.00. The van der Waals surface area contributed by atoms with Gasteiger partial charge in [-0.2, -0.15) is 0 Å². The Morgan fingerprint density at radius 2 is 1.89 bits per heavy atom. The first-order valence-electron chi connectivity index (χ1n) is 7.00. The highest BCUT2D eigenvalue weighted by Gasteiger charge is 2.33. The summed E-state index contributed by atoms with van der Waals surface area (Å²) < 4.78 is 5.90. The summed E-state index contributed by atoms with van der Waals surface area (Å²) in [5.41, 5.74) is 7.44. The molecule has 0 aliphatic heterocycles. The zero-order chi connectivity index (χ0) is 13.7. The van der Waals surface area contributed by atoms with Gasteiger partial charge in [0, 0.05) is 37.1 Å². The standard InChI is InChI=1S/C15H23NO3/c16-13-7-3-2-6-12(13)14(8-11-17)19-15(18)9-4-1-5-10-15/h2-3,6-7,14,17-18H,1,4-5,8-11,16H2. The molecule has 4 nitrogen and oxygen atoms in total. The lowest BCUT2D eigenvalue weighted by atomic mass is 9.93. The molecule has 1 unspecified atom stereocenters. The minimum absolute atomic E-state index is 0.00901. The van der Waals surface area contributed by atoms with Gasteiger partial charge in [-0.25, -0.2) is 0 Å². The molecule has 4 heteroatoms. The highest BCUT2D eigenvalue weighted by molar-refractivity contribution is 5.47. The summed E-state index contributed by atoms with van der Waals surface area (Å²) in [6.45, 7) is 0.00901. The van der Waals surface area contributed by atoms with Crippen LogP contribution >= 0.6 is 0 Å². The van der Waals surface area contributed by atoms with Gasteiger partial charge in [-0.1, -0.05) is 24.6 Å². The molecule has 1 aromatic carbocycles. The lowest BCUT2D eigenvalue weighted by Gasteiger charge is -2.36. The molecule has 2 rings (SSSR count). The van der Waals surface area contributed by atoms with E-state index in [9.17, 15) is 10.2 Å². The lowest BCUT2D eigenvalue weighted by Crippen LogP contribution is -2.36. The van der Waals surface area contributed by atoms with Crippen LogP contribution in [0.1, 0.15) is 50.2 Å². The van der Waals surface area contributed by atoms with E-state index in [1.165, 1.54) is 0 Å². The molecule has 4 N–H and O–H groups in total. The molecule has 0 saturated heterocycles. The second kappa shape index (κ2) is 6.37. The van der Waals surface area contributed by atoms with Crippen LogP contribution in [0.5, 0.6) is 0 Å². The van der Waals surface area contributed by atoms with E-state index in [0.717, 1.165) is 24.8 Å². The number of ether oxygens (including phenoxy) is 1. The normalized spacial score (nSPS) is 20.1. The van der Waals surface area contributed by atoms with Gasteiger partial charge in [0.25, 0.3) is 0 Å². The molecular formula is C15H23NO3. The van der Waals surface area contributed by atoms with Crippen molar-refractivity contribution in [2.45, 2.75) is 50.4 Å². The molecule has 1 fully saturated rings. The van der Waals surface area contributed by atoms with Gasteiger partial charge < -0.3 is 20.7 Å². The van der Waals surface area contributed by atoms with Crippen LogP contribution < -0.4 is 5.73 Å². The predicted molar refractivity (Wildman–Crippen MR) is 74.4 cm³/mol. The second-order valence-corrected chi connectivity index (χ2v) is 5.25. The van der Waals surface area contributed by atoms with Crippen molar-refractivity contribution in [3.63, 3.8) is 0 Å². The minimum atomic E-state index is -1.07. The molecule has 0 radical (unpaired) electrons. The van der Waals surface area contributed by atoms with Gasteiger partial charge in [-0.15, -0.1) is 0 Å². The van der Waals surface area contributed by atoms with Gasteiger partial charge in [-0.05, 0) is 18.9 Å². The molecule has 1 saturated carbocycles. The highest BCUT2D eigenvalue weighted by atomic mass is 16.6. The number of hydrogen-bond donors (Lipinski definition) is 3. The van der Waals surface area contributed by atoms with E-state index >= 15 is 0 Å². The van der Waals surface area contributed by atoms with Crippen molar-refractivity contribution in [1.29, 1.82) is 0 Å². The van der Waals surface area contributed by atoms with Crippen molar-refractivity contribution < 1.29 is 14.9 Å². The second-order valence-electron chi connectivity index (χ2n) is 5.25. The summed E-state index contributed by atoms with van der Waals surface area (Å²) in [5, 5.41) is 19.7. The zero-order valence-corrected chi connectivity index (χ0v) is 11.2. The van der Waals surface area contributed by atoms with Gasteiger partial charge in [-0.3, -0.25) is 0 Å². The van der Waals surface area contributed by atoms with Crippen molar-refractivity contribution in [3.05, 3.63) is 29.8 Å². The fraction of sp³-hybridized carbons (Fsp3) is 0.600. The summed E-state index contributed by atoms with van der Waals surface area (Å²) >= 11 is 0. The molecule has 1 aliphatic rings. The fourth-order valence-corrected chi connectivity index (χ4v) is 2.69. The first kappa shape index (κ1) is 14.3. The maximum absolute atomic E-state index is 10.5. The maximum Gasteiger partial charge on any atom is 0.166 e. The van der Waals surface area contributed by atoms with E-state index in [1.54, 1.807) is 0 Å². The molecule has 0 aromatic heterocycles. The predicted octanol–water partition coefficient (Wildman–Crippen LogP) is 2.36. The zero-order valence-electron chi connectivity index (χ0n) is 11.2. The number of aliphatic hydroxyl groups is 2. The van der Waals surface area contributed by atoms with Crippen LogP contribution in [0.25, 0.3) is 0 Å². The van der Waals surface area contributed by atoms with Crippen molar-refractivity contribution >= 4 is 5.69 Å². The average Bonchev–Trinajstić information content (AvgIpc) is 2.39. The van der Waals surface area contributed by atoms with Crippen LogP contribution in [-0.4, -0.2) is 22.6 Å². The third-order valence-corrected chi connectivity index (χ3v) is 3.73. The topological polar surface area (TPSA) is 75.7 Å². The molecule has 1 atom stereocenters. The van der Waals surface area contributed by atoms with E-state index in [1.807, 2.05) is 24.3 Å². The summed E-state index contributed by atoms with van der Waals surface area (Å²) in [4.78, 5) is 0. The molecule has 106 valence electrons. The Morgan fingerprint density at radius 1 is 1.21 bits per heavy atom. The van der Waals surface area contributed by atoms with Crippen LogP contribution in [0.4, 0.5) is 5.69 Å². The number of anilines is 1. The van der Waals surface area contributed by atoms with Crippen LogP contribution in [0, 0.1) is 0 Å². The monoisotopic (exact) mass is 265 g/mol. The largest absolute Gasteiger partial charge is 0.398 e. The Kier molecular flexibility index (Phi) is 4.80. The third kappa shape index (κ3) is 3.69. The van der Waals surface area contributed by atoms with Crippen molar-refractivity contribution in [2.75, 3.05) is 12.3 Å². The van der Waals surface area contributed by atoms with Crippen LogP contribution in [0.2, 0.25) is 0 Å². The Morgan fingerprint density at radius 3 is 2.53 bits per heavy atom. The molecule has 19 heavy (non-hydrogen) atoms. The molecular weight excluding hydrogens is 242 g/mol. The molecule has 0 amide bonds. The lowest BCUT2D eigenvalue weighted by molar-refractivity contribution is -0.249. The summed E-state index contributed by atoms with van der Waals surface area (Å²) in [6, 6.07) is 7.46. The van der Waals surface area contributed by atoms with E-state index in [0.29, 0.717) is 24.9 Å². The molecule has 1 aromatic rings. The van der Waals surface area contributed by atoms with Crippen LogP contribution in [0.3, 0.4) is 0 Å². The number of aliphatic hydroxyl groups excluding tert-OH is 1. The SMILES string of the molecule is Nc1ccccc1C(CCO)OC1(O)CCCCC1. The van der Waals surface area contributed by atoms with Crippen molar-refractivity contribution in [3.8, 4) is 0 Å². The summed E-state index contributed by atoms with van der Waals surface area (Å²) in [7, 11) is 0. The number of benzene rings is 1. The highest BCUT2D eigenvalue weighted by Crippen LogP contribution is 2.36. The molecule has 1 aliphatic carbocycles. The van der Waals surface area contributed by atoms with Gasteiger partial charge in [0.1, 0.15) is 0 Å². The van der Waals surface area contributed by atoms with Crippen molar-refractivity contribution in [2.24, 2.45) is 0 Å². The number of nitrogens with two attached hydrogens (primary N) is 1. The molecule has 0 heterocycles. The van der Waals surface area contributed by atoms with E-state index in [2.05, 4.69) is 0 Å². The average molecular weight is 265 g/mol. The van der Waals surface area contributed by atoms with E-state index in [4.69, 9.17) is 10.5 Å². The van der Waals surface area contributed by atoms with Gasteiger partial charge in [0.2, 0.25) is 0 Å². The maximum atomic E-state index is 10.5. The minimum Gasteiger partial charge on any atom is -0.398 e. The Balaban J connectivity index is 2.14. The van der Waals surface area contributed by atoms with E-state index in [-0.39, 0.29) is 12.7 Å². The smallest absolute Gasteiger partial charge is 0.166 e. The van der Waals surface area contributed by atoms with Crippen LogP contribution in [0.15, 0.2) is 24.3 Å². The Hall–Kier alpha value is -1.10. The number of hydrogen-bond acceptors (Lipinski definition) is 4.